The summed E-state index contributed by atoms with van der Waals surface area (Å²) in [4.78, 5) is 13.1. The maximum atomic E-state index is 10.9. The zero-order valence-corrected chi connectivity index (χ0v) is 11.8. The van der Waals surface area contributed by atoms with Gasteiger partial charge in [-0.05, 0) is 54.1 Å². The Morgan fingerprint density at radius 3 is 2.41 bits per heavy atom. The Morgan fingerprint density at radius 2 is 1.94 bits per heavy atom. The number of carboxylic acid groups (broad SMARTS) is 1. The third-order valence-electron chi connectivity index (χ3n) is 2.84. The van der Waals surface area contributed by atoms with E-state index < -0.39 is 11.4 Å². The van der Waals surface area contributed by atoms with E-state index in [0.717, 1.165) is 26.1 Å². The zero-order valence-electron chi connectivity index (χ0n) is 11.8. The molecule has 0 heterocycles. The fourth-order valence-corrected chi connectivity index (χ4v) is 1.45. The first-order valence-electron chi connectivity index (χ1n) is 6.29. The third kappa shape index (κ3) is 8.16. The molecule has 0 spiro atoms. The molecule has 17 heavy (non-hydrogen) atoms. The smallest absolute Gasteiger partial charge is 0.309 e. The number of hydrogen-bond donors (Lipinski definition) is 1. The van der Waals surface area contributed by atoms with Crippen LogP contribution in [0.3, 0.4) is 0 Å². The van der Waals surface area contributed by atoms with Crippen LogP contribution in [0.15, 0.2) is 0 Å². The molecular weight excluding hydrogens is 218 g/mol. The molecule has 0 amide bonds. The third-order valence-corrected chi connectivity index (χ3v) is 2.84. The molecule has 0 radical (unpaired) electrons. The van der Waals surface area contributed by atoms with Gasteiger partial charge in [0.2, 0.25) is 0 Å². The first kappa shape index (κ1) is 16.4. The van der Waals surface area contributed by atoms with Crippen molar-refractivity contribution in [1.29, 1.82) is 0 Å². The minimum atomic E-state index is -0.719. The van der Waals surface area contributed by atoms with Crippen LogP contribution < -0.4 is 0 Å². The van der Waals surface area contributed by atoms with Gasteiger partial charge >= 0.3 is 5.97 Å². The number of ether oxygens (including phenoxy) is 1. The molecule has 0 rings (SSSR count). The van der Waals surface area contributed by atoms with Crippen molar-refractivity contribution >= 4 is 5.97 Å². The van der Waals surface area contributed by atoms with Crippen LogP contribution in [-0.2, 0) is 9.53 Å². The molecule has 4 heteroatoms. The molecule has 0 aliphatic carbocycles. The lowest BCUT2D eigenvalue weighted by atomic mass is 9.88. The molecule has 0 atom stereocenters. The number of rotatable bonds is 9. The number of carbonyl (C=O) groups is 1. The first-order chi connectivity index (χ1) is 7.75. The second-order valence-corrected chi connectivity index (χ2v) is 5.52. The molecular formula is C13H27NO3. The molecule has 0 aromatic rings. The van der Waals surface area contributed by atoms with Gasteiger partial charge in [0.1, 0.15) is 0 Å². The van der Waals surface area contributed by atoms with Gasteiger partial charge < -0.3 is 14.7 Å². The Balaban J connectivity index is 3.64. The predicted molar refractivity (Wildman–Crippen MR) is 69.2 cm³/mol. The van der Waals surface area contributed by atoms with Crippen molar-refractivity contribution in [2.24, 2.45) is 5.41 Å². The summed E-state index contributed by atoms with van der Waals surface area (Å²) in [5.74, 6) is -0.719. The topological polar surface area (TPSA) is 49.8 Å². The fourth-order valence-electron chi connectivity index (χ4n) is 1.45. The van der Waals surface area contributed by atoms with Crippen molar-refractivity contribution in [2.45, 2.75) is 46.6 Å². The minimum Gasteiger partial charge on any atom is -0.481 e. The maximum absolute atomic E-state index is 10.9. The van der Waals surface area contributed by atoms with E-state index in [1.807, 2.05) is 20.9 Å². The van der Waals surface area contributed by atoms with Crippen LogP contribution in [-0.4, -0.2) is 48.8 Å². The summed E-state index contributed by atoms with van der Waals surface area (Å²) in [6, 6.07) is 0. The summed E-state index contributed by atoms with van der Waals surface area (Å²) < 4.78 is 5.46. The number of aliphatic carboxylic acids is 1. The van der Waals surface area contributed by atoms with Crippen LogP contribution >= 0.6 is 0 Å². The summed E-state index contributed by atoms with van der Waals surface area (Å²) in [7, 11) is 2.04. The van der Waals surface area contributed by atoms with Crippen molar-refractivity contribution < 1.29 is 14.6 Å². The SMILES string of the molecule is CC(C)OCCN(C)CCCC(C)(C)C(=O)O. The van der Waals surface area contributed by atoms with Gasteiger partial charge in [0.25, 0.3) is 0 Å². The monoisotopic (exact) mass is 245 g/mol. The quantitative estimate of drug-likeness (QED) is 0.677. The lowest BCUT2D eigenvalue weighted by Gasteiger charge is -2.22. The fraction of sp³-hybridized carbons (Fsp3) is 0.923. The average Bonchev–Trinajstić information content (AvgIpc) is 2.16. The normalized spacial score (nSPS) is 12.4. The molecule has 0 unspecified atom stereocenters. The van der Waals surface area contributed by atoms with Crippen LogP contribution in [0.1, 0.15) is 40.5 Å². The van der Waals surface area contributed by atoms with E-state index in [9.17, 15) is 4.79 Å². The molecule has 4 nitrogen and oxygen atoms in total. The van der Waals surface area contributed by atoms with E-state index in [4.69, 9.17) is 9.84 Å². The van der Waals surface area contributed by atoms with E-state index >= 15 is 0 Å². The molecule has 102 valence electrons. The van der Waals surface area contributed by atoms with Crippen molar-refractivity contribution in [3.8, 4) is 0 Å². The van der Waals surface area contributed by atoms with Crippen molar-refractivity contribution in [1.82, 2.24) is 4.90 Å². The highest BCUT2D eigenvalue weighted by atomic mass is 16.5. The standard InChI is InChI=1S/C13H27NO3/c1-11(2)17-10-9-14(5)8-6-7-13(3,4)12(15)16/h11H,6-10H2,1-5H3,(H,15,16). The highest BCUT2D eigenvalue weighted by Crippen LogP contribution is 2.22. The van der Waals surface area contributed by atoms with E-state index in [2.05, 4.69) is 4.90 Å². The Kier molecular flexibility index (Phi) is 7.39. The van der Waals surface area contributed by atoms with Crippen molar-refractivity contribution in [2.75, 3.05) is 26.7 Å². The van der Waals surface area contributed by atoms with Gasteiger partial charge in [0, 0.05) is 6.54 Å². The van der Waals surface area contributed by atoms with Gasteiger partial charge in [-0.3, -0.25) is 4.79 Å². The summed E-state index contributed by atoms with van der Waals surface area (Å²) >= 11 is 0. The average molecular weight is 245 g/mol. The van der Waals surface area contributed by atoms with Gasteiger partial charge in [-0.15, -0.1) is 0 Å². The highest BCUT2D eigenvalue weighted by molar-refractivity contribution is 5.73. The lowest BCUT2D eigenvalue weighted by molar-refractivity contribution is -0.147. The molecule has 0 fully saturated rings. The molecule has 0 bridgehead atoms. The molecule has 0 saturated heterocycles. The first-order valence-corrected chi connectivity index (χ1v) is 6.29. The van der Waals surface area contributed by atoms with Gasteiger partial charge in [-0.25, -0.2) is 0 Å². The Bertz CT molecular complexity index is 227. The largest absolute Gasteiger partial charge is 0.481 e. The maximum Gasteiger partial charge on any atom is 0.309 e. The van der Waals surface area contributed by atoms with Gasteiger partial charge in [0.15, 0.2) is 0 Å². The molecule has 0 saturated carbocycles. The number of hydrogen-bond acceptors (Lipinski definition) is 3. The second-order valence-electron chi connectivity index (χ2n) is 5.52. The van der Waals surface area contributed by atoms with Crippen LogP contribution in [0.25, 0.3) is 0 Å². The molecule has 0 aromatic carbocycles. The summed E-state index contributed by atoms with van der Waals surface area (Å²) in [5.41, 5.74) is -0.616. The summed E-state index contributed by atoms with van der Waals surface area (Å²) in [6.07, 6.45) is 1.88. The van der Waals surface area contributed by atoms with Crippen LogP contribution in [0.4, 0.5) is 0 Å². The Hall–Kier alpha value is -0.610. The van der Waals surface area contributed by atoms with Crippen LogP contribution in [0.5, 0.6) is 0 Å². The van der Waals surface area contributed by atoms with E-state index in [1.54, 1.807) is 13.8 Å². The van der Waals surface area contributed by atoms with Crippen LogP contribution in [0, 0.1) is 5.41 Å². The van der Waals surface area contributed by atoms with Gasteiger partial charge in [0.05, 0.1) is 18.1 Å². The Labute approximate surface area is 105 Å². The highest BCUT2D eigenvalue weighted by Gasteiger charge is 2.26. The zero-order chi connectivity index (χ0) is 13.5. The molecule has 0 aliphatic rings. The Morgan fingerprint density at radius 1 is 1.35 bits per heavy atom. The van der Waals surface area contributed by atoms with Crippen molar-refractivity contribution in [3.63, 3.8) is 0 Å². The minimum absolute atomic E-state index is 0.273. The molecule has 1 N–H and O–H groups in total. The molecule has 0 aliphatic heterocycles. The number of carboxylic acids is 1. The van der Waals surface area contributed by atoms with E-state index in [1.165, 1.54) is 0 Å². The predicted octanol–water partition coefficient (Wildman–Crippen LogP) is 2.23. The summed E-state index contributed by atoms with van der Waals surface area (Å²) in [5, 5.41) is 8.98. The van der Waals surface area contributed by atoms with Crippen LogP contribution in [0.2, 0.25) is 0 Å². The number of likely N-dealkylation sites (N-methyl/N-ethyl adjacent to an activating group) is 1. The second kappa shape index (κ2) is 7.67. The number of nitrogens with zero attached hydrogens (tertiary/aromatic N) is 1. The lowest BCUT2D eigenvalue weighted by Crippen LogP contribution is -2.28. The van der Waals surface area contributed by atoms with E-state index in [-0.39, 0.29) is 6.10 Å². The molecule has 0 aromatic heterocycles. The van der Waals surface area contributed by atoms with Gasteiger partial charge in [-0.1, -0.05) is 0 Å². The van der Waals surface area contributed by atoms with E-state index in [0.29, 0.717) is 6.42 Å². The summed E-state index contributed by atoms with van der Waals surface area (Å²) in [6.45, 7) is 10.1. The van der Waals surface area contributed by atoms with Gasteiger partial charge in [-0.2, -0.15) is 0 Å². The van der Waals surface area contributed by atoms with Crippen molar-refractivity contribution in [3.05, 3.63) is 0 Å².